The number of aromatic nitrogens is 1. The van der Waals surface area contributed by atoms with Crippen molar-refractivity contribution >= 4 is 11.5 Å². The molecule has 1 aromatic heterocycles. The second kappa shape index (κ2) is 9.18. The fourth-order valence-corrected chi connectivity index (χ4v) is 2.30. The third kappa shape index (κ3) is 5.23. The summed E-state index contributed by atoms with van der Waals surface area (Å²) < 4.78 is 0. The molecule has 0 radical (unpaired) electrons. The molecule has 118 valence electrons. The van der Waals surface area contributed by atoms with Gasteiger partial charge in [0.1, 0.15) is 5.69 Å². The van der Waals surface area contributed by atoms with E-state index in [1.54, 1.807) is 6.20 Å². The van der Waals surface area contributed by atoms with E-state index in [0.29, 0.717) is 5.69 Å². The van der Waals surface area contributed by atoms with Gasteiger partial charge in [-0.05, 0) is 45.1 Å². The second-order valence-corrected chi connectivity index (χ2v) is 4.84. The van der Waals surface area contributed by atoms with Gasteiger partial charge < -0.3 is 20.7 Å². The number of nitrogens with two attached hydrogens (primary N) is 1. The average Bonchev–Trinajstić information content (AvgIpc) is 2.54. The summed E-state index contributed by atoms with van der Waals surface area (Å²) in [6.45, 7) is 11.7. The van der Waals surface area contributed by atoms with E-state index in [4.69, 9.17) is 10.9 Å². The van der Waals surface area contributed by atoms with E-state index in [1.807, 2.05) is 12.1 Å². The first-order chi connectivity index (χ1) is 10.2. The number of amidine groups is 1. The summed E-state index contributed by atoms with van der Waals surface area (Å²) in [7, 11) is 0. The molecule has 0 saturated carbocycles. The van der Waals surface area contributed by atoms with Crippen LogP contribution in [0.15, 0.2) is 23.5 Å². The number of nitrogens with zero attached hydrogens (tertiary/aromatic N) is 4. The summed E-state index contributed by atoms with van der Waals surface area (Å²) in [5.41, 5.74) is 7.14. The van der Waals surface area contributed by atoms with Crippen LogP contribution in [0.3, 0.4) is 0 Å². The number of oxime groups is 1. The van der Waals surface area contributed by atoms with Crippen molar-refractivity contribution in [1.29, 1.82) is 0 Å². The van der Waals surface area contributed by atoms with Crippen LogP contribution < -0.4 is 10.6 Å². The zero-order chi connectivity index (χ0) is 15.7. The number of rotatable bonds is 9. The van der Waals surface area contributed by atoms with Crippen molar-refractivity contribution in [2.75, 3.05) is 37.6 Å². The lowest BCUT2D eigenvalue weighted by Gasteiger charge is -2.25. The molecule has 0 aromatic carbocycles. The molecule has 1 rings (SSSR count). The van der Waals surface area contributed by atoms with Crippen molar-refractivity contribution < 1.29 is 5.21 Å². The van der Waals surface area contributed by atoms with Crippen molar-refractivity contribution in [1.82, 2.24) is 9.88 Å². The predicted molar refractivity (Wildman–Crippen MR) is 87.0 cm³/mol. The van der Waals surface area contributed by atoms with E-state index in [9.17, 15) is 0 Å². The summed E-state index contributed by atoms with van der Waals surface area (Å²) in [6.07, 6.45) is 2.80. The molecule has 0 atom stereocenters. The van der Waals surface area contributed by atoms with Gasteiger partial charge in [0.25, 0.3) is 0 Å². The summed E-state index contributed by atoms with van der Waals surface area (Å²) in [5.74, 6) is 0.0380. The Kier molecular flexibility index (Phi) is 7.53. The summed E-state index contributed by atoms with van der Waals surface area (Å²) in [6, 6.07) is 3.81. The summed E-state index contributed by atoms with van der Waals surface area (Å²) in [5, 5.41) is 11.7. The Morgan fingerprint density at radius 1 is 1.24 bits per heavy atom. The Labute approximate surface area is 127 Å². The first-order valence-corrected chi connectivity index (χ1v) is 7.57. The maximum Gasteiger partial charge on any atom is 0.188 e. The molecular weight excluding hydrogens is 266 g/mol. The van der Waals surface area contributed by atoms with E-state index in [1.165, 1.54) is 0 Å². The van der Waals surface area contributed by atoms with Crippen LogP contribution in [-0.4, -0.2) is 53.7 Å². The van der Waals surface area contributed by atoms with Gasteiger partial charge in [0.2, 0.25) is 0 Å². The van der Waals surface area contributed by atoms with Gasteiger partial charge >= 0.3 is 0 Å². The standard InChI is InChI=1S/C15H27N5O/c1-4-19(5-2)10-7-11-20(6-3)13-8-9-17-14(12-13)15(16)18-21/h8-9,12,21H,4-7,10-11H2,1-3H3,(H2,16,18). The molecule has 1 aromatic rings. The largest absolute Gasteiger partial charge is 0.409 e. The third-order valence-electron chi connectivity index (χ3n) is 3.66. The molecule has 3 N–H and O–H groups in total. The van der Waals surface area contributed by atoms with Gasteiger partial charge in [0.15, 0.2) is 5.84 Å². The fourth-order valence-electron chi connectivity index (χ4n) is 2.30. The second-order valence-electron chi connectivity index (χ2n) is 4.84. The van der Waals surface area contributed by atoms with Gasteiger partial charge in [0.05, 0.1) is 0 Å². The molecule has 1 heterocycles. The Morgan fingerprint density at radius 3 is 2.52 bits per heavy atom. The number of pyridine rings is 1. The minimum atomic E-state index is 0.0380. The normalized spacial score (nSPS) is 11.9. The van der Waals surface area contributed by atoms with E-state index < -0.39 is 0 Å². The summed E-state index contributed by atoms with van der Waals surface area (Å²) in [4.78, 5) is 8.81. The quantitative estimate of drug-likeness (QED) is 0.314. The van der Waals surface area contributed by atoms with Crippen molar-refractivity contribution in [3.63, 3.8) is 0 Å². The minimum absolute atomic E-state index is 0.0380. The van der Waals surface area contributed by atoms with Crippen molar-refractivity contribution in [2.45, 2.75) is 27.2 Å². The highest BCUT2D eigenvalue weighted by atomic mass is 16.4. The lowest BCUT2D eigenvalue weighted by molar-refractivity contribution is 0.301. The lowest BCUT2D eigenvalue weighted by atomic mass is 10.2. The van der Waals surface area contributed by atoms with E-state index >= 15 is 0 Å². The molecule has 6 heteroatoms. The van der Waals surface area contributed by atoms with Gasteiger partial charge in [-0.15, -0.1) is 0 Å². The van der Waals surface area contributed by atoms with Gasteiger partial charge in [-0.3, -0.25) is 4.98 Å². The Morgan fingerprint density at radius 2 is 1.95 bits per heavy atom. The highest BCUT2D eigenvalue weighted by molar-refractivity contribution is 5.95. The molecule has 0 amide bonds. The molecule has 0 spiro atoms. The first kappa shape index (κ1) is 17.2. The number of hydrogen-bond donors (Lipinski definition) is 2. The molecule has 0 aliphatic carbocycles. The van der Waals surface area contributed by atoms with Gasteiger partial charge in [-0.1, -0.05) is 19.0 Å². The van der Waals surface area contributed by atoms with Crippen molar-refractivity contribution in [3.05, 3.63) is 24.0 Å². The molecule has 0 aliphatic rings. The SMILES string of the molecule is CCN(CC)CCCN(CC)c1ccnc(/C(N)=N/O)c1. The van der Waals surface area contributed by atoms with Crippen LogP contribution in [0.4, 0.5) is 5.69 Å². The fraction of sp³-hybridized carbons (Fsp3) is 0.600. The molecule has 0 saturated heterocycles. The molecule has 0 unspecified atom stereocenters. The molecular formula is C15H27N5O. The van der Waals surface area contributed by atoms with E-state index in [0.717, 1.165) is 44.8 Å². The highest BCUT2D eigenvalue weighted by Gasteiger charge is 2.08. The van der Waals surface area contributed by atoms with Gasteiger partial charge in [0, 0.05) is 25.0 Å². The average molecular weight is 293 g/mol. The van der Waals surface area contributed by atoms with Crippen molar-refractivity contribution in [3.8, 4) is 0 Å². The third-order valence-corrected chi connectivity index (χ3v) is 3.66. The molecule has 6 nitrogen and oxygen atoms in total. The number of hydrogen-bond acceptors (Lipinski definition) is 5. The monoisotopic (exact) mass is 293 g/mol. The Balaban J connectivity index is 2.67. The van der Waals surface area contributed by atoms with Crippen LogP contribution in [0.1, 0.15) is 32.9 Å². The zero-order valence-electron chi connectivity index (χ0n) is 13.3. The van der Waals surface area contributed by atoms with E-state index in [2.05, 4.69) is 40.7 Å². The summed E-state index contributed by atoms with van der Waals surface area (Å²) >= 11 is 0. The van der Waals surface area contributed by atoms with Crippen LogP contribution in [0, 0.1) is 0 Å². The van der Waals surface area contributed by atoms with Crippen LogP contribution in [0.2, 0.25) is 0 Å². The molecule has 0 bridgehead atoms. The van der Waals surface area contributed by atoms with Gasteiger partial charge in [-0.25, -0.2) is 0 Å². The van der Waals surface area contributed by atoms with Crippen molar-refractivity contribution in [2.24, 2.45) is 10.9 Å². The number of anilines is 1. The van der Waals surface area contributed by atoms with Crippen LogP contribution in [0.25, 0.3) is 0 Å². The minimum Gasteiger partial charge on any atom is -0.409 e. The topological polar surface area (TPSA) is 78.0 Å². The maximum absolute atomic E-state index is 8.74. The first-order valence-electron chi connectivity index (χ1n) is 7.57. The Bertz CT molecular complexity index is 445. The van der Waals surface area contributed by atoms with Crippen LogP contribution in [-0.2, 0) is 0 Å². The van der Waals surface area contributed by atoms with Crippen LogP contribution >= 0.6 is 0 Å². The zero-order valence-corrected chi connectivity index (χ0v) is 13.3. The Hall–Kier alpha value is -1.82. The van der Waals surface area contributed by atoms with Gasteiger partial charge in [-0.2, -0.15) is 0 Å². The molecule has 0 fully saturated rings. The van der Waals surface area contributed by atoms with Crippen LogP contribution in [0.5, 0.6) is 0 Å². The predicted octanol–water partition coefficient (Wildman–Crippen LogP) is 1.73. The molecule has 0 aliphatic heterocycles. The lowest BCUT2D eigenvalue weighted by Crippen LogP contribution is -2.30. The molecule has 21 heavy (non-hydrogen) atoms. The van der Waals surface area contributed by atoms with E-state index in [-0.39, 0.29) is 5.84 Å². The maximum atomic E-state index is 8.74. The highest BCUT2D eigenvalue weighted by Crippen LogP contribution is 2.15. The smallest absolute Gasteiger partial charge is 0.188 e.